The molecule has 0 radical (unpaired) electrons. The highest BCUT2D eigenvalue weighted by molar-refractivity contribution is 7.71. The SMILES string of the molecule is C=CCn1c(Cc2csc(NC(=O)Cc3nc(-c4ccccc4)oc3C)n2)n[nH]c1=S. The van der Waals surface area contributed by atoms with Gasteiger partial charge in [-0.3, -0.25) is 14.5 Å². The van der Waals surface area contributed by atoms with Crippen LogP contribution >= 0.6 is 23.6 Å². The third-order valence-electron chi connectivity index (χ3n) is 4.53. The molecule has 2 N–H and O–H groups in total. The number of aromatic amines is 1. The van der Waals surface area contributed by atoms with Gasteiger partial charge in [0.2, 0.25) is 11.8 Å². The van der Waals surface area contributed by atoms with Gasteiger partial charge in [-0.15, -0.1) is 17.9 Å². The molecule has 0 spiro atoms. The van der Waals surface area contributed by atoms with Crippen molar-refractivity contribution in [3.63, 3.8) is 0 Å². The van der Waals surface area contributed by atoms with Crippen molar-refractivity contribution in [2.75, 3.05) is 5.32 Å². The number of rotatable bonds is 8. The smallest absolute Gasteiger partial charge is 0.232 e. The lowest BCUT2D eigenvalue weighted by Gasteiger charge is -2.02. The second-order valence-corrected chi connectivity index (χ2v) is 8.02. The van der Waals surface area contributed by atoms with Crippen LogP contribution in [0.2, 0.25) is 0 Å². The number of H-pyrrole nitrogens is 1. The molecule has 31 heavy (non-hydrogen) atoms. The Morgan fingerprint density at radius 2 is 2.16 bits per heavy atom. The Hall–Kier alpha value is -3.37. The molecule has 1 aromatic carbocycles. The molecule has 3 aromatic heterocycles. The van der Waals surface area contributed by atoms with E-state index in [1.165, 1.54) is 11.3 Å². The number of amides is 1. The maximum absolute atomic E-state index is 12.5. The zero-order chi connectivity index (χ0) is 21.8. The predicted molar refractivity (Wildman–Crippen MR) is 122 cm³/mol. The van der Waals surface area contributed by atoms with E-state index < -0.39 is 0 Å². The topological polar surface area (TPSA) is 102 Å². The monoisotopic (exact) mass is 452 g/mol. The number of nitrogens with one attached hydrogen (secondary N) is 2. The largest absolute Gasteiger partial charge is 0.441 e. The van der Waals surface area contributed by atoms with Crippen molar-refractivity contribution >= 4 is 34.6 Å². The van der Waals surface area contributed by atoms with Crippen LogP contribution in [0.15, 0.2) is 52.8 Å². The van der Waals surface area contributed by atoms with Gasteiger partial charge in [-0.25, -0.2) is 9.97 Å². The fraction of sp³-hybridized carbons (Fsp3) is 0.190. The third kappa shape index (κ3) is 4.86. The molecule has 8 nitrogen and oxygen atoms in total. The van der Waals surface area contributed by atoms with Gasteiger partial charge in [-0.05, 0) is 31.3 Å². The van der Waals surface area contributed by atoms with Crippen molar-refractivity contribution in [2.24, 2.45) is 0 Å². The highest BCUT2D eigenvalue weighted by Gasteiger charge is 2.16. The highest BCUT2D eigenvalue weighted by atomic mass is 32.1. The number of carbonyl (C=O) groups excluding carboxylic acids is 1. The molecule has 4 aromatic rings. The van der Waals surface area contributed by atoms with Gasteiger partial charge in [0.25, 0.3) is 0 Å². The van der Waals surface area contributed by atoms with Crippen LogP contribution < -0.4 is 5.32 Å². The van der Waals surface area contributed by atoms with E-state index in [9.17, 15) is 4.79 Å². The molecule has 0 fully saturated rings. The summed E-state index contributed by atoms with van der Waals surface area (Å²) in [5, 5.41) is 12.3. The minimum Gasteiger partial charge on any atom is -0.441 e. The molecule has 0 aliphatic rings. The normalized spacial score (nSPS) is 10.9. The summed E-state index contributed by atoms with van der Waals surface area (Å²) < 4.78 is 8.12. The van der Waals surface area contributed by atoms with Gasteiger partial charge in [-0.1, -0.05) is 24.3 Å². The Morgan fingerprint density at radius 1 is 1.35 bits per heavy atom. The molecule has 10 heteroatoms. The number of oxazole rings is 1. The number of aromatic nitrogens is 5. The number of hydrogen-bond donors (Lipinski definition) is 2. The summed E-state index contributed by atoms with van der Waals surface area (Å²) in [6.45, 7) is 6.11. The summed E-state index contributed by atoms with van der Waals surface area (Å²) in [5.74, 6) is 1.69. The van der Waals surface area contributed by atoms with E-state index in [-0.39, 0.29) is 12.3 Å². The average Bonchev–Trinajstić information content (AvgIpc) is 3.45. The molecule has 3 heterocycles. The van der Waals surface area contributed by atoms with Crippen molar-refractivity contribution in [1.29, 1.82) is 0 Å². The van der Waals surface area contributed by atoms with Crippen molar-refractivity contribution in [2.45, 2.75) is 26.3 Å². The Morgan fingerprint density at radius 3 is 2.94 bits per heavy atom. The number of thiazole rings is 1. The number of allylic oxidation sites excluding steroid dienone is 1. The fourth-order valence-electron chi connectivity index (χ4n) is 3.02. The lowest BCUT2D eigenvalue weighted by Crippen LogP contribution is -2.15. The van der Waals surface area contributed by atoms with Crippen molar-refractivity contribution in [3.8, 4) is 11.5 Å². The van der Waals surface area contributed by atoms with Gasteiger partial charge in [0.15, 0.2) is 9.90 Å². The van der Waals surface area contributed by atoms with Crippen LogP contribution in [0.3, 0.4) is 0 Å². The van der Waals surface area contributed by atoms with Crippen molar-refractivity contribution in [1.82, 2.24) is 24.7 Å². The summed E-state index contributed by atoms with van der Waals surface area (Å²) in [4.78, 5) is 21.5. The van der Waals surface area contributed by atoms with Gasteiger partial charge in [-0.2, -0.15) is 5.10 Å². The molecule has 0 atom stereocenters. The van der Waals surface area contributed by atoms with Gasteiger partial charge in [0, 0.05) is 17.5 Å². The highest BCUT2D eigenvalue weighted by Crippen LogP contribution is 2.22. The Bertz CT molecular complexity index is 1270. The molecular formula is C21H20N6O2S2. The first kappa shape index (κ1) is 20.9. The van der Waals surface area contributed by atoms with Crippen LogP contribution in [0, 0.1) is 11.7 Å². The van der Waals surface area contributed by atoms with Crippen LogP contribution in [0.5, 0.6) is 0 Å². The first-order valence-corrected chi connectivity index (χ1v) is 10.8. The zero-order valence-electron chi connectivity index (χ0n) is 16.8. The zero-order valence-corrected chi connectivity index (χ0v) is 18.4. The van der Waals surface area contributed by atoms with Gasteiger partial charge >= 0.3 is 0 Å². The Balaban J connectivity index is 1.40. The Labute approximate surface area is 187 Å². The van der Waals surface area contributed by atoms with Crippen molar-refractivity contribution < 1.29 is 9.21 Å². The first-order chi connectivity index (χ1) is 15.0. The molecule has 0 aliphatic heterocycles. The maximum atomic E-state index is 12.5. The molecule has 0 saturated heterocycles. The second-order valence-electron chi connectivity index (χ2n) is 6.78. The van der Waals surface area contributed by atoms with Crippen LogP contribution in [0.4, 0.5) is 5.13 Å². The molecule has 0 saturated carbocycles. The number of aryl methyl sites for hydroxylation is 1. The summed E-state index contributed by atoms with van der Waals surface area (Å²) in [5.41, 5.74) is 2.27. The third-order valence-corrected chi connectivity index (χ3v) is 5.65. The second kappa shape index (κ2) is 9.19. The average molecular weight is 453 g/mol. The molecule has 0 bridgehead atoms. The van der Waals surface area contributed by atoms with Gasteiger partial charge in [0.05, 0.1) is 24.2 Å². The first-order valence-electron chi connectivity index (χ1n) is 9.54. The summed E-state index contributed by atoms with van der Waals surface area (Å²) >= 11 is 6.59. The van der Waals surface area contributed by atoms with E-state index >= 15 is 0 Å². The minimum absolute atomic E-state index is 0.106. The molecule has 0 aliphatic carbocycles. The van der Waals surface area contributed by atoms with Crippen LogP contribution in [0.1, 0.15) is 23.0 Å². The van der Waals surface area contributed by atoms with E-state index in [0.29, 0.717) is 40.2 Å². The van der Waals surface area contributed by atoms with E-state index in [1.807, 2.05) is 40.3 Å². The van der Waals surface area contributed by atoms with E-state index in [4.69, 9.17) is 16.6 Å². The number of nitrogens with zero attached hydrogens (tertiary/aromatic N) is 4. The van der Waals surface area contributed by atoms with E-state index in [1.54, 1.807) is 13.0 Å². The lowest BCUT2D eigenvalue weighted by molar-refractivity contribution is -0.115. The number of anilines is 1. The molecule has 0 unspecified atom stereocenters. The molecule has 4 rings (SSSR count). The Kier molecular flexibility index (Phi) is 6.19. The van der Waals surface area contributed by atoms with Crippen LogP contribution in [-0.4, -0.2) is 30.6 Å². The summed E-state index contributed by atoms with van der Waals surface area (Å²) in [7, 11) is 0. The minimum atomic E-state index is -0.203. The molecular weight excluding hydrogens is 432 g/mol. The standard InChI is InChI=1S/C21H20N6O2S2/c1-3-9-27-17(25-26-21(27)30)10-15-12-31-20(22-15)24-18(28)11-16-13(2)29-19(23-16)14-7-5-4-6-8-14/h3-8,12H,1,9-11H2,2H3,(H,26,30)(H,22,24,28). The van der Waals surface area contributed by atoms with Crippen molar-refractivity contribution in [3.05, 3.63) is 76.1 Å². The summed E-state index contributed by atoms with van der Waals surface area (Å²) in [6.07, 6.45) is 2.36. The lowest BCUT2D eigenvalue weighted by atomic mass is 10.2. The fourth-order valence-corrected chi connectivity index (χ4v) is 3.97. The quantitative estimate of drug-likeness (QED) is 0.305. The summed E-state index contributed by atoms with van der Waals surface area (Å²) in [6, 6.07) is 9.59. The van der Waals surface area contributed by atoms with Gasteiger partial charge in [0.1, 0.15) is 11.6 Å². The molecule has 1 amide bonds. The number of hydrogen-bond acceptors (Lipinski definition) is 7. The van der Waals surface area contributed by atoms with Crippen LogP contribution in [-0.2, 0) is 24.2 Å². The number of benzene rings is 1. The van der Waals surface area contributed by atoms with Crippen LogP contribution in [0.25, 0.3) is 11.5 Å². The van der Waals surface area contributed by atoms with E-state index in [0.717, 1.165) is 17.1 Å². The predicted octanol–water partition coefficient (Wildman–Crippen LogP) is 4.32. The van der Waals surface area contributed by atoms with E-state index in [2.05, 4.69) is 32.1 Å². The maximum Gasteiger partial charge on any atom is 0.232 e. The molecule has 158 valence electrons. The van der Waals surface area contributed by atoms with Gasteiger partial charge < -0.3 is 9.73 Å². The number of carbonyl (C=O) groups is 1.